The van der Waals surface area contributed by atoms with Gasteiger partial charge in [-0.05, 0) is 19.9 Å². The molecule has 0 saturated carbocycles. The van der Waals surface area contributed by atoms with Crippen LogP contribution in [0.3, 0.4) is 0 Å². The second kappa shape index (κ2) is 3.89. The van der Waals surface area contributed by atoms with Crippen molar-refractivity contribution in [3.63, 3.8) is 0 Å². The second-order valence-corrected chi connectivity index (χ2v) is 3.51. The number of hydrogen-bond acceptors (Lipinski definition) is 4. The first kappa shape index (κ1) is 8.72. The number of aryl methyl sites for hydroxylation is 1. The molecule has 72 valence electrons. The van der Waals surface area contributed by atoms with Gasteiger partial charge in [-0.15, -0.1) is 0 Å². The molecule has 1 aromatic rings. The minimum atomic E-state index is 0.588. The Bertz CT molecular complexity index is 266. The summed E-state index contributed by atoms with van der Waals surface area (Å²) in [6.45, 7) is 4.90. The van der Waals surface area contributed by atoms with Gasteiger partial charge in [0.15, 0.2) is 5.76 Å². The molecular formula is C9H15N3O. The lowest BCUT2D eigenvalue weighted by Crippen LogP contribution is -2.30. The molecule has 0 bridgehead atoms. The zero-order chi connectivity index (χ0) is 9.10. The third kappa shape index (κ3) is 2.29. The second-order valence-electron chi connectivity index (χ2n) is 3.51. The maximum atomic E-state index is 5.09. The standard InChI is InChI=1S/C9H15N3O/c1-7-4-9(13-12-7)6-11-8-2-3-10-5-8/h4,8,10-11H,2-3,5-6H2,1H3. The van der Waals surface area contributed by atoms with Gasteiger partial charge in [0.2, 0.25) is 0 Å². The molecule has 0 aromatic carbocycles. The van der Waals surface area contributed by atoms with E-state index in [1.165, 1.54) is 6.42 Å². The summed E-state index contributed by atoms with van der Waals surface area (Å²) in [5, 5.41) is 10.6. The van der Waals surface area contributed by atoms with Gasteiger partial charge < -0.3 is 15.2 Å². The topological polar surface area (TPSA) is 50.1 Å². The Morgan fingerprint density at radius 2 is 2.69 bits per heavy atom. The highest BCUT2D eigenvalue weighted by atomic mass is 16.5. The van der Waals surface area contributed by atoms with Crippen molar-refractivity contribution in [3.8, 4) is 0 Å². The third-order valence-electron chi connectivity index (χ3n) is 2.30. The lowest BCUT2D eigenvalue weighted by molar-refractivity contribution is 0.362. The Hall–Kier alpha value is -0.870. The molecule has 0 aliphatic carbocycles. The maximum absolute atomic E-state index is 5.09. The maximum Gasteiger partial charge on any atom is 0.150 e. The first-order valence-electron chi connectivity index (χ1n) is 4.71. The predicted octanol–water partition coefficient (Wildman–Crippen LogP) is 0.435. The minimum Gasteiger partial charge on any atom is -0.360 e. The molecule has 0 radical (unpaired) electrons. The van der Waals surface area contributed by atoms with E-state index in [-0.39, 0.29) is 0 Å². The molecular weight excluding hydrogens is 166 g/mol. The average molecular weight is 181 g/mol. The van der Waals surface area contributed by atoms with Gasteiger partial charge in [0.1, 0.15) is 0 Å². The third-order valence-corrected chi connectivity index (χ3v) is 2.30. The zero-order valence-corrected chi connectivity index (χ0v) is 7.84. The molecule has 1 aliphatic rings. The van der Waals surface area contributed by atoms with E-state index in [0.29, 0.717) is 6.04 Å². The normalized spacial score (nSPS) is 22.4. The van der Waals surface area contributed by atoms with Gasteiger partial charge in [-0.1, -0.05) is 5.16 Å². The van der Waals surface area contributed by atoms with Crippen molar-refractivity contribution in [3.05, 3.63) is 17.5 Å². The van der Waals surface area contributed by atoms with Crippen LogP contribution in [0.15, 0.2) is 10.6 Å². The monoisotopic (exact) mass is 181 g/mol. The Labute approximate surface area is 77.7 Å². The molecule has 2 rings (SSSR count). The molecule has 4 nitrogen and oxygen atoms in total. The molecule has 2 N–H and O–H groups in total. The Balaban J connectivity index is 1.78. The van der Waals surface area contributed by atoms with E-state index in [4.69, 9.17) is 4.52 Å². The van der Waals surface area contributed by atoms with E-state index in [9.17, 15) is 0 Å². The molecule has 2 heterocycles. The lowest BCUT2D eigenvalue weighted by atomic mass is 10.2. The summed E-state index contributed by atoms with van der Waals surface area (Å²) in [5.41, 5.74) is 0.946. The van der Waals surface area contributed by atoms with Crippen LogP contribution < -0.4 is 10.6 Å². The van der Waals surface area contributed by atoms with Gasteiger partial charge in [-0.25, -0.2) is 0 Å². The van der Waals surface area contributed by atoms with E-state index < -0.39 is 0 Å². The molecule has 1 aromatic heterocycles. The summed E-state index contributed by atoms with van der Waals surface area (Å²) in [6, 6.07) is 2.56. The van der Waals surface area contributed by atoms with Crippen LogP contribution in [0, 0.1) is 6.92 Å². The molecule has 1 atom stereocenters. The van der Waals surface area contributed by atoms with Crippen molar-refractivity contribution in [1.29, 1.82) is 0 Å². The molecule has 1 saturated heterocycles. The van der Waals surface area contributed by atoms with E-state index in [1.54, 1.807) is 0 Å². The van der Waals surface area contributed by atoms with Gasteiger partial charge in [0.25, 0.3) is 0 Å². The average Bonchev–Trinajstić information content (AvgIpc) is 2.71. The lowest BCUT2D eigenvalue weighted by Gasteiger charge is -2.08. The fourth-order valence-corrected chi connectivity index (χ4v) is 1.57. The number of rotatable bonds is 3. The largest absolute Gasteiger partial charge is 0.360 e. The van der Waals surface area contributed by atoms with Crippen molar-refractivity contribution < 1.29 is 4.52 Å². The van der Waals surface area contributed by atoms with Crippen LogP contribution in [0.2, 0.25) is 0 Å². The predicted molar refractivity (Wildman–Crippen MR) is 49.4 cm³/mol. The summed E-state index contributed by atoms with van der Waals surface area (Å²) < 4.78 is 5.09. The summed E-state index contributed by atoms with van der Waals surface area (Å²) in [4.78, 5) is 0. The van der Waals surface area contributed by atoms with Crippen LogP contribution in [0.4, 0.5) is 0 Å². The molecule has 13 heavy (non-hydrogen) atoms. The molecule has 4 heteroatoms. The SMILES string of the molecule is Cc1cc(CNC2CCNC2)on1. The summed E-state index contributed by atoms with van der Waals surface area (Å²) in [7, 11) is 0. The van der Waals surface area contributed by atoms with Gasteiger partial charge >= 0.3 is 0 Å². The molecule has 0 amide bonds. The fourth-order valence-electron chi connectivity index (χ4n) is 1.57. The first-order chi connectivity index (χ1) is 6.34. The summed E-state index contributed by atoms with van der Waals surface area (Å²) in [6.07, 6.45) is 1.20. The highest BCUT2D eigenvalue weighted by Crippen LogP contribution is 2.03. The Morgan fingerprint density at radius 3 is 3.31 bits per heavy atom. The van der Waals surface area contributed by atoms with E-state index >= 15 is 0 Å². The Kier molecular flexibility index (Phi) is 2.61. The van der Waals surface area contributed by atoms with Gasteiger partial charge in [-0.3, -0.25) is 0 Å². The first-order valence-corrected chi connectivity index (χ1v) is 4.71. The van der Waals surface area contributed by atoms with Gasteiger partial charge in [-0.2, -0.15) is 0 Å². The molecule has 0 spiro atoms. The van der Waals surface area contributed by atoms with E-state index in [0.717, 1.165) is 31.1 Å². The summed E-state index contributed by atoms with van der Waals surface area (Å²) in [5.74, 6) is 0.921. The van der Waals surface area contributed by atoms with Crippen molar-refractivity contribution in [2.24, 2.45) is 0 Å². The van der Waals surface area contributed by atoms with Crippen LogP contribution in [0.5, 0.6) is 0 Å². The zero-order valence-electron chi connectivity index (χ0n) is 7.84. The van der Waals surface area contributed by atoms with E-state index in [2.05, 4.69) is 15.8 Å². The van der Waals surface area contributed by atoms with Gasteiger partial charge in [0.05, 0.1) is 12.2 Å². The summed E-state index contributed by atoms with van der Waals surface area (Å²) >= 11 is 0. The molecule has 1 unspecified atom stereocenters. The van der Waals surface area contributed by atoms with Gasteiger partial charge in [0, 0.05) is 18.7 Å². The fraction of sp³-hybridized carbons (Fsp3) is 0.667. The molecule has 1 aliphatic heterocycles. The van der Waals surface area contributed by atoms with Crippen LogP contribution in [-0.4, -0.2) is 24.3 Å². The smallest absolute Gasteiger partial charge is 0.150 e. The van der Waals surface area contributed by atoms with Crippen molar-refractivity contribution >= 4 is 0 Å². The van der Waals surface area contributed by atoms with Crippen LogP contribution in [-0.2, 0) is 6.54 Å². The van der Waals surface area contributed by atoms with Crippen molar-refractivity contribution in [1.82, 2.24) is 15.8 Å². The number of hydrogen-bond donors (Lipinski definition) is 2. The van der Waals surface area contributed by atoms with Crippen LogP contribution in [0.1, 0.15) is 17.9 Å². The minimum absolute atomic E-state index is 0.588. The Morgan fingerprint density at radius 1 is 1.77 bits per heavy atom. The quantitative estimate of drug-likeness (QED) is 0.710. The number of nitrogens with zero attached hydrogens (tertiary/aromatic N) is 1. The number of aromatic nitrogens is 1. The van der Waals surface area contributed by atoms with Crippen LogP contribution >= 0.6 is 0 Å². The van der Waals surface area contributed by atoms with Crippen molar-refractivity contribution in [2.75, 3.05) is 13.1 Å². The number of nitrogens with one attached hydrogen (secondary N) is 2. The highest BCUT2D eigenvalue weighted by Gasteiger charge is 2.13. The molecule has 1 fully saturated rings. The van der Waals surface area contributed by atoms with Crippen molar-refractivity contribution in [2.45, 2.75) is 25.9 Å². The highest BCUT2D eigenvalue weighted by molar-refractivity contribution is 5.02. The van der Waals surface area contributed by atoms with Crippen LogP contribution in [0.25, 0.3) is 0 Å². The van der Waals surface area contributed by atoms with E-state index in [1.807, 2.05) is 13.0 Å².